The number of rotatable bonds is 8. The molecule has 0 bridgehead atoms. The highest BCUT2D eigenvalue weighted by Gasteiger charge is 2.09. The van der Waals surface area contributed by atoms with E-state index in [4.69, 9.17) is 9.15 Å². The van der Waals surface area contributed by atoms with Gasteiger partial charge in [0, 0.05) is 0 Å². The largest absolute Gasteiger partial charge is 0.484 e. The van der Waals surface area contributed by atoms with Gasteiger partial charge in [0.25, 0.3) is 0 Å². The maximum atomic E-state index is 10.3. The Morgan fingerprint density at radius 1 is 1.12 bits per heavy atom. The number of hydrogen-bond acceptors (Lipinski definition) is 4. The molecule has 1 heterocycles. The predicted octanol–water partition coefficient (Wildman–Crippen LogP) is 5.02. The van der Waals surface area contributed by atoms with E-state index < -0.39 is 6.10 Å². The molecule has 1 unspecified atom stereocenters. The summed E-state index contributed by atoms with van der Waals surface area (Å²) in [4.78, 5) is 4.39. The SMILES string of the molecule is CCCCCC(O)c1cccc(OCc2nc3ccccc3o2)c1. The first-order valence-corrected chi connectivity index (χ1v) is 8.51. The normalized spacial score (nSPS) is 12.4. The summed E-state index contributed by atoms with van der Waals surface area (Å²) in [6, 6.07) is 15.3. The molecule has 126 valence electrons. The number of aliphatic hydroxyl groups excluding tert-OH is 1. The summed E-state index contributed by atoms with van der Waals surface area (Å²) in [5.41, 5.74) is 2.48. The van der Waals surface area contributed by atoms with E-state index >= 15 is 0 Å². The Kier molecular flexibility index (Phi) is 5.49. The average molecular weight is 325 g/mol. The van der Waals surface area contributed by atoms with Crippen molar-refractivity contribution in [1.29, 1.82) is 0 Å². The zero-order valence-electron chi connectivity index (χ0n) is 13.9. The molecule has 0 amide bonds. The fourth-order valence-corrected chi connectivity index (χ4v) is 2.69. The first-order valence-electron chi connectivity index (χ1n) is 8.51. The second-order valence-electron chi connectivity index (χ2n) is 5.95. The minimum Gasteiger partial charge on any atom is -0.484 e. The molecule has 0 radical (unpaired) electrons. The van der Waals surface area contributed by atoms with E-state index in [2.05, 4.69) is 11.9 Å². The van der Waals surface area contributed by atoms with Crippen LogP contribution in [0.15, 0.2) is 52.9 Å². The number of para-hydroxylation sites is 2. The third-order valence-electron chi connectivity index (χ3n) is 4.02. The van der Waals surface area contributed by atoms with Crippen molar-refractivity contribution in [2.75, 3.05) is 0 Å². The van der Waals surface area contributed by atoms with Crippen LogP contribution in [-0.2, 0) is 6.61 Å². The van der Waals surface area contributed by atoms with Gasteiger partial charge in [0.2, 0.25) is 5.89 Å². The highest BCUT2D eigenvalue weighted by molar-refractivity contribution is 5.72. The lowest BCUT2D eigenvalue weighted by Crippen LogP contribution is -2.00. The lowest BCUT2D eigenvalue weighted by Gasteiger charge is -2.12. The van der Waals surface area contributed by atoms with Gasteiger partial charge in [-0.3, -0.25) is 0 Å². The van der Waals surface area contributed by atoms with Crippen LogP contribution < -0.4 is 4.74 Å². The van der Waals surface area contributed by atoms with Crippen molar-refractivity contribution >= 4 is 11.1 Å². The fraction of sp³-hybridized carbons (Fsp3) is 0.350. The molecular formula is C20H23NO3. The third kappa shape index (κ3) is 4.15. The van der Waals surface area contributed by atoms with Gasteiger partial charge in [-0.1, -0.05) is 50.5 Å². The van der Waals surface area contributed by atoms with Gasteiger partial charge in [0.15, 0.2) is 12.2 Å². The van der Waals surface area contributed by atoms with Gasteiger partial charge in [0.05, 0.1) is 6.10 Å². The molecule has 24 heavy (non-hydrogen) atoms. The summed E-state index contributed by atoms with van der Waals surface area (Å²) in [7, 11) is 0. The molecule has 2 aromatic carbocycles. The van der Waals surface area contributed by atoms with Gasteiger partial charge < -0.3 is 14.3 Å². The monoisotopic (exact) mass is 325 g/mol. The quantitative estimate of drug-likeness (QED) is 0.591. The van der Waals surface area contributed by atoms with Gasteiger partial charge in [-0.2, -0.15) is 0 Å². The molecule has 1 aromatic heterocycles. The predicted molar refractivity (Wildman–Crippen MR) is 93.9 cm³/mol. The Hall–Kier alpha value is -2.33. The van der Waals surface area contributed by atoms with Crippen LogP contribution in [-0.4, -0.2) is 10.1 Å². The molecule has 1 atom stereocenters. The van der Waals surface area contributed by atoms with Crippen molar-refractivity contribution in [3.05, 3.63) is 60.0 Å². The Morgan fingerprint density at radius 3 is 2.83 bits per heavy atom. The Balaban J connectivity index is 1.61. The molecule has 0 aliphatic carbocycles. The summed E-state index contributed by atoms with van der Waals surface area (Å²) >= 11 is 0. The van der Waals surface area contributed by atoms with Crippen LogP contribution in [0, 0.1) is 0 Å². The van der Waals surface area contributed by atoms with E-state index in [1.807, 2.05) is 48.5 Å². The molecular weight excluding hydrogens is 302 g/mol. The minimum absolute atomic E-state index is 0.268. The van der Waals surface area contributed by atoms with Crippen molar-refractivity contribution in [3.63, 3.8) is 0 Å². The van der Waals surface area contributed by atoms with Crippen molar-refractivity contribution in [3.8, 4) is 5.75 Å². The number of aliphatic hydroxyl groups is 1. The smallest absolute Gasteiger partial charge is 0.233 e. The number of benzene rings is 2. The van der Waals surface area contributed by atoms with E-state index in [1.165, 1.54) is 0 Å². The number of fused-ring (bicyclic) bond motifs is 1. The number of nitrogens with zero attached hydrogens (tertiary/aromatic N) is 1. The molecule has 0 saturated carbocycles. The molecule has 1 N–H and O–H groups in total. The van der Waals surface area contributed by atoms with Crippen LogP contribution in [0.2, 0.25) is 0 Å². The standard InChI is InChI=1S/C20H23NO3/c1-2-3-4-11-18(22)15-8-7-9-16(13-15)23-14-20-21-17-10-5-6-12-19(17)24-20/h5-10,12-13,18,22H,2-4,11,14H2,1H3. The topological polar surface area (TPSA) is 55.5 Å². The zero-order valence-corrected chi connectivity index (χ0v) is 13.9. The van der Waals surface area contributed by atoms with Gasteiger partial charge in [-0.15, -0.1) is 0 Å². The maximum absolute atomic E-state index is 10.3. The van der Waals surface area contributed by atoms with Gasteiger partial charge in [0.1, 0.15) is 11.3 Å². The van der Waals surface area contributed by atoms with Crippen LogP contribution in [0.1, 0.15) is 50.2 Å². The van der Waals surface area contributed by atoms with Crippen LogP contribution in [0.5, 0.6) is 5.75 Å². The van der Waals surface area contributed by atoms with Gasteiger partial charge in [-0.25, -0.2) is 4.98 Å². The number of oxazole rings is 1. The van der Waals surface area contributed by atoms with E-state index in [-0.39, 0.29) is 6.61 Å². The molecule has 4 nitrogen and oxygen atoms in total. The molecule has 0 fully saturated rings. The van der Waals surface area contributed by atoms with Gasteiger partial charge in [-0.05, 0) is 36.2 Å². The number of hydrogen-bond donors (Lipinski definition) is 1. The first-order chi connectivity index (χ1) is 11.8. The van der Waals surface area contributed by atoms with Gasteiger partial charge >= 0.3 is 0 Å². The van der Waals surface area contributed by atoms with Crippen LogP contribution in [0.4, 0.5) is 0 Å². The summed E-state index contributed by atoms with van der Waals surface area (Å²) in [5.74, 6) is 1.26. The maximum Gasteiger partial charge on any atom is 0.233 e. The van der Waals surface area contributed by atoms with E-state index in [9.17, 15) is 5.11 Å². The molecule has 0 spiro atoms. The van der Waals surface area contributed by atoms with E-state index in [0.29, 0.717) is 11.6 Å². The molecule has 3 rings (SSSR count). The lowest BCUT2D eigenvalue weighted by atomic mass is 10.0. The zero-order chi connectivity index (χ0) is 16.8. The van der Waals surface area contributed by atoms with Crippen molar-refractivity contribution in [2.24, 2.45) is 0 Å². The summed E-state index contributed by atoms with van der Waals surface area (Å²) < 4.78 is 11.4. The Morgan fingerprint density at radius 2 is 2.00 bits per heavy atom. The molecule has 4 heteroatoms. The highest BCUT2D eigenvalue weighted by atomic mass is 16.5. The average Bonchev–Trinajstić information content (AvgIpc) is 3.03. The van der Waals surface area contributed by atoms with E-state index in [1.54, 1.807) is 0 Å². The summed E-state index contributed by atoms with van der Waals surface area (Å²) in [6.07, 6.45) is 3.67. The summed E-state index contributed by atoms with van der Waals surface area (Å²) in [5, 5.41) is 10.3. The fourth-order valence-electron chi connectivity index (χ4n) is 2.69. The Bertz CT molecular complexity index is 748. The molecule has 0 saturated heterocycles. The third-order valence-corrected chi connectivity index (χ3v) is 4.02. The second-order valence-corrected chi connectivity index (χ2v) is 5.95. The van der Waals surface area contributed by atoms with E-state index in [0.717, 1.165) is 42.3 Å². The summed E-state index contributed by atoms with van der Waals surface area (Å²) in [6.45, 7) is 2.43. The minimum atomic E-state index is -0.440. The first kappa shape index (κ1) is 16.5. The highest BCUT2D eigenvalue weighted by Crippen LogP contribution is 2.24. The van der Waals surface area contributed by atoms with Crippen LogP contribution in [0.25, 0.3) is 11.1 Å². The number of aromatic nitrogens is 1. The molecule has 0 aliphatic heterocycles. The van der Waals surface area contributed by atoms with Crippen molar-refractivity contribution in [2.45, 2.75) is 45.3 Å². The Labute approximate surface area is 142 Å². The van der Waals surface area contributed by atoms with Crippen molar-refractivity contribution < 1.29 is 14.3 Å². The number of unbranched alkanes of at least 4 members (excludes halogenated alkanes) is 2. The molecule has 3 aromatic rings. The second kappa shape index (κ2) is 7.97. The molecule has 0 aliphatic rings. The number of ether oxygens (including phenoxy) is 1. The van der Waals surface area contributed by atoms with Crippen LogP contribution >= 0.6 is 0 Å². The van der Waals surface area contributed by atoms with Crippen molar-refractivity contribution in [1.82, 2.24) is 4.98 Å². The lowest BCUT2D eigenvalue weighted by molar-refractivity contribution is 0.163. The van der Waals surface area contributed by atoms with Crippen LogP contribution in [0.3, 0.4) is 0 Å².